The van der Waals surface area contributed by atoms with E-state index >= 15 is 0 Å². The summed E-state index contributed by atoms with van der Waals surface area (Å²) < 4.78 is 4.89. The monoisotopic (exact) mass is 200 g/mol. The van der Waals surface area contributed by atoms with E-state index in [0.717, 1.165) is 17.4 Å². The van der Waals surface area contributed by atoms with Crippen LogP contribution in [0.25, 0.3) is 0 Å². The standard InChI is InChI=1S/C7H12N4O3/c1-3-5-4-6(13-2)10-11(9-5)14-7(8)12/h4,9H,3H2,1-2H3,(H2,8,12). The highest BCUT2D eigenvalue weighted by Crippen LogP contribution is 2.06. The van der Waals surface area contributed by atoms with Gasteiger partial charge in [-0.3, -0.25) is 10.3 Å². The molecule has 7 nitrogen and oxygen atoms in total. The lowest BCUT2D eigenvalue weighted by atomic mass is 10.3. The van der Waals surface area contributed by atoms with Crippen molar-refractivity contribution < 1.29 is 14.4 Å². The smallest absolute Gasteiger partial charge is 0.431 e. The van der Waals surface area contributed by atoms with Crippen LogP contribution in [-0.4, -0.2) is 24.4 Å². The number of nitrogens with zero attached hydrogens (tertiary/aromatic N) is 2. The zero-order chi connectivity index (χ0) is 10.6. The Kier molecular flexibility index (Phi) is 3.16. The van der Waals surface area contributed by atoms with Crippen molar-refractivity contribution in [3.05, 3.63) is 11.8 Å². The first-order valence-electron chi connectivity index (χ1n) is 4.03. The molecule has 1 heterocycles. The lowest BCUT2D eigenvalue weighted by molar-refractivity contribution is -0.132. The van der Waals surface area contributed by atoms with Crippen molar-refractivity contribution in [1.29, 1.82) is 0 Å². The maximum atomic E-state index is 10.4. The molecule has 0 saturated carbocycles. The van der Waals surface area contributed by atoms with Crippen LogP contribution in [0.15, 0.2) is 16.9 Å². The van der Waals surface area contributed by atoms with Gasteiger partial charge in [-0.2, -0.15) is 0 Å². The van der Waals surface area contributed by atoms with Gasteiger partial charge in [0, 0.05) is 11.8 Å². The average Bonchev–Trinajstić information content (AvgIpc) is 2.16. The Balaban J connectivity index is 2.70. The fourth-order valence-electron chi connectivity index (χ4n) is 0.857. The van der Waals surface area contributed by atoms with E-state index in [4.69, 9.17) is 10.5 Å². The molecule has 0 aromatic carbocycles. The molecule has 1 aliphatic heterocycles. The number of primary amides is 1. The Hall–Kier alpha value is -1.92. The van der Waals surface area contributed by atoms with E-state index < -0.39 is 6.09 Å². The number of allylic oxidation sites excluding steroid dienone is 1. The van der Waals surface area contributed by atoms with Gasteiger partial charge in [0.15, 0.2) is 0 Å². The molecular formula is C7H12N4O3. The first-order chi connectivity index (χ1) is 6.65. The molecule has 78 valence electrons. The molecular weight excluding hydrogens is 188 g/mol. The molecule has 7 heteroatoms. The number of amides is 1. The quantitative estimate of drug-likeness (QED) is 0.658. The summed E-state index contributed by atoms with van der Waals surface area (Å²) in [6.45, 7) is 1.93. The van der Waals surface area contributed by atoms with E-state index in [1.54, 1.807) is 6.08 Å². The fourth-order valence-corrected chi connectivity index (χ4v) is 0.857. The second-order valence-electron chi connectivity index (χ2n) is 2.46. The van der Waals surface area contributed by atoms with Gasteiger partial charge < -0.3 is 10.5 Å². The number of hydrazone groups is 1. The molecule has 0 aliphatic carbocycles. The highest BCUT2D eigenvalue weighted by atomic mass is 16.8. The predicted octanol–water partition coefficient (Wildman–Crippen LogP) is 0.0707. The van der Waals surface area contributed by atoms with Crippen LogP contribution in [0.1, 0.15) is 13.3 Å². The molecule has 1 aliphatic rings. The Morgan fingerprint density at radius 3 is 3.00 bits per heavy atom. The van der Waals surface area contributed by atoms with E-state index in [-0.39, 0.29) is 0 Å². The third kappa shape index (κ3) is 2.54. The van der Waals surface area contributed by atoms with Crippen LogP contribution in [-0.2, 0) is 9.57 Å². The second-order valence-corrected chi connectivity index (χ2v) is 2.46. The lowest BCUT2D eigenvalue weighted by Gasteiger charge is -2.22. The second kappa shape index (κ2) is 4.35. The third-order valence-corrected chi connectivity index (χ3v) is 1.49. The molecule has 0 atom stereocenters. The third-order valence-electron chi connectivity index (χ3n) is 1.49. The van der Waals surface area contributed by atoms with Crippen molar-refractivity contribution in [1.82, 2.24) is 10.7 Å². The number of rotatable bonds is 2. The molecule has 0 aromatic rings. The van der Waals surface area contributed by atoms with Crippen LogP contribution in [0.4, 0.5) is 4.79 Å². The molecule has 0 bridgehead atoms. The number of ether oxygens (including phenoxy) is 1. The van der Waals surface area contributed by atoms with E-state index in [0.29, 0.717) is 5.90 Å². The summed E-state index contributed by atoms with van der Waals surface area (Å²) in [6, 6.07) is 0. The van der Waals surface area contributed by atoms with Gasteiger partial charge in [-0.05, 0) is 11.7 Å². The van der Waals surface area contributed by atoms with Crippen molar-refractivity contribution in [2.75, 3.05) is 7.11 Å². The predicted molar refractivity (Wildman–Crippen MR) is 48.5 cm³/mol. The number of methoxy groups -OCH3 is 1. The summed E-state index contributed by atoms with van der Waals surface area (Å²) in [7, 11) is 1.47. The van der Waals surface area contributed by atoms with Gasteiger partial charge >= 0.3 is 6.09 Å². The van der Waals surface area contributed by atoms with Gasteiger partial charge in [-0.25, -0.2) is 4.79 Å². The molecule has 0 fully saturated rings. The molecule has 0 aromatic heterocycles. The van der Waals surface area contributed by atoms with Gasteiger partial charge in [-0.1, -0.05) is 12.0 Å². The van der Waals surface area contributed by atoms with Crippen LogP contribution in [0, 0.1) is 0 Å². The van der Waals surface area contributed by atoms with Gasteiger partial charge in [-0.15, -0.1) is 0 Å². The first-order valence-corrected chi connectivity index (χ1v) is 4.03. The summed E-state index contributed by atoms with van der Waals surface area (Å²) >= 11 is 0. The van der Waals surface area contributed by atoms with Crippen LogP contribution in [0.3, 0.4) is 0 Å². The van der Waals surface area contributed by atoms with E-state index in [1.165, 1.54) is 7.11 Å². The van der Waals surface area contributed by atoms with Gasteiger partial charge in [0.1, 0.15) is 0 Å². The lowest BCUT2D eigenvalue weighted by Crippen LogP contribution is -2.40. The number of carbonyl (C=O) groups is 1. The fraction of sp³-hybridized carbons (Fsp3) is 0.429. The number of nitrogens with two attached hydrogens (primary N) is 1. The molecule has 0 saturated heterocycles. The molecule has 3 N–H and O–H groups in total. The summed E-state index contributed by atoms with van der Waals surface area (Å²) in [6.07, 6.45) is 1.47. The Morgan fingerprint density at radius 1 is 1.79 bits per heavy atom. The van der Waals surface area contributed by atoms with Crippen LogP contribution in [0.2, 0.25) is 0 Å². The van der Waals surface area contributed by atoms with E-state index in [9.17, 15) is 4.79 Å². The summed E-state index contributed by atoms with van der Waals surface area (Å²) in [5.41, 5.74) is 8.33. The minimum absolute atomic E-state index is 0.335. The summed E-state index contributed by atoms with van der Waals surface area (Å²) in [5.74, 6) is 0.335. The minimum atomic E-state index is -0.950. The average molecular weight is 200 g/mol. The SMILES string of the molecule is CCC1=CC(OC)=NN(OC(N)=O)N1. The first kappa shape index (κ1) is 10.2. The van der Waals surface area contributed by atoms with Crippen LogP contribution in [0.5, 0.6) is 0 Å². The highest BCUT2D eigenvalue weighted by Gasteiger charge is 2.14. The zero-order valence-corrected chi connectivity index (χ0v) is 7.98. The normalized spacial score (nSPS) is 15.1. The van der Waals surface area contributed by atoms with E-state index in [2.05, 4.69) is 15.4 Å². The number of hydrogen-bond acceptors (Lipinski definition) is 6. The largest absolute Gasteiger partial charge is 0.480 e. The Labute approximate surface area is 81.1 Å². The number of hydrogen-bond donors (Lipinski definition) is 2. The van der Waals surface area contributed by atoms with Gasteiger partial charge in [0.2, 0.25) is 5.90 Å². The molecule has 0 spiro atoms. The molecule has 1 rings (SSSR count). The number of nitrogens with one attached hydrogen (secondary N) is 1. The molecule has 0 radical (unpaired) electrons. The summed E-state index contributed by atoms with van der Waals surface area (Å²) in [5, 5.41) is 4.62. The number of carbonyl (C=O) groups excluding carboxylic acids is 1. The van der Waals surface area contributed by atoms with Crippen molar-refractivity contribution >= 4 is 12.0 Å². The molecule has 0 unspecified atom stereocenters. The van der Waals surface area contributed by atoms with Crippen molar-refractivity contribution in [3.63, 3.8) is 0 Å². The van der Waals surface area contributed by atoms with Crippen LogP contribution < -0.4 is 11.2 Å². The molecule has 1 amide bonds. The maximum absolute atomic E-state index is 10.4. The van der Waals surface area contributed by atoms with Crippen molar-refractivity contribution in [2.45, 2.75) is 13.3 Å². The van der Waals surface area contributed by atoms with Gasteiger partial charge in [0.05, 0.1) is 7.11 Å². The zero-order valence-electron chi connectivity index (χ0n) is 7.98. The van der Waals surface area contributed by atoms with Crippen LogP contribution >= 0.6 is 0 Å². The Bertz CT molecular complexity index is 287. The topological polar surface area (TPSA) is 89.2 Å². The highest BCUT2D eigenvalue weighted by molar-refractivity contribution is 5.88. The summed E-state index contributed by atoms with van der Waals surface area (Å²) in [4.78, 5) is 15.0. The minimum Gasteiger partial charge on any atom is -0.480 e. The maximum Gasteiger partial charge on any atom is 0.431 e. The molecule has 14 heavy (non-hydrogen) atoms. The van der Waals surface area contributed by atoms with Crippen molar-refractivity contribution in [3.8, 4) is 0 Å². The van der Waals surface area contributed by atoms with E-state index in [1.807, 2.05) is 6.92 Å². The van der Waals surface area contributed by atoms with Crippen molar-refractivity contribution in [2.24, 2.45) is 10.8 Å². The number of hydrazine groups is 1. The Morgan fingerprint density at radius 2 is 2.50 bits per heavy atom. The van der Waals surface area contributed by atoms with Gasteiger partial charge in [0.25, 0.3) is 0 Å².